The zero-order valence-corrected chi connectivity index (χ0v) is 11.7. The SMILES string of the molecule is CC(NC1CC2CCC1O2)c1ccc2c(c1)CCC2. The normalized spacial score (nSPS) is 33.6. The molecule has 3 aliphatic rings. The largest absolute Gasteiger partial charge is 0.373 e. The lowest BCUT2D eigenvalue weighted by Crippen LogP contribution is -2.39. The van der Waals surface area contributed by atoms with Crippen molar-refractivity contribution in [3.63, 3.8) is 0 Å². The predicted molar refractivity (Wildman–Crippen MR) is 76.3 cm³/mol. The average Bonchev–Trinajstić information content (AvgIpc) is 3.13. The van der Waals surface area contributed by atoms with Crippen LogP contribution in [-0.2, 0) is 17.6 Å². The van der Waals surface area contributed by atoms with Crippen molar-refractivity contribution in [2.45, 2.75) is 69.7 Å². The topological polar surface area (TPSA) is 21.3 Å². The quantitative estimate of drug-likeness (QED) is 0.898. The molecule has 1 aromatic carbocycles. The van der Waals surface area contributed by atoms with Crippen molar-refractivity contribution in [1.82, 2.24) is 5.32 Å². The molecule has 0 radical (unpaired) electrons. The Hall–Kier alpha value is -0.860. The van der Waals surface area contributed by atoms with Gasteiger partial charge < -0.3 is 10.1 Å². The van der Waals surface area contributed by atoms with Crippen LogP contribution in [0.25, 0.3) is 0 Å². The number of hydrogen-bond donors (Lipinski definition) is 1. The number of hydrogen-bond acceptors (Lipinski definition) is 2. The van der Waals surface area contributed by atoms with Gasteiger partial charge in [0, 0.05) is 12.1 Å². The second-order valence-corrected chi connectivity index (χ2v) is 6.49. The second kappa shape index (κ2) is 4.60. The lowest BCUT2D eigenvalue weighted by Gasteiger charge is -2.25. The van der Waals surface area contributed by atoms with E-state index in [1.807, 2.05) is 0 Å². The summed E-state index contributed by atoms with van der Waals surface area (Å²) in [5.74, 6) is 0. The molecule has 2 heteroatoms. The highest BCUT2D eigenvalue weighted by atomic mass is 16.5. The van der Waals surface area contributed by atoms with Crippen LogP contribution >= 0.6 is 0 Å². The average molecular weight is 257 g/mol. The fraction of sp³-hybridized carbons (Fsp3) is 0.647. The van der Waals surface area contributed by atoms with E-state index >= 15 is 0 Å². The molecule has 4 atom stereocenters. The van der Waals surface area contributed by atoms with Gasteiger partial charge in [0.25, 0.3) is 0 Å². The van der Waals surface area contributed by atoms with E-state index < -0.39 is 0 Å². The molecule has 2 aliphatic heterocycles. The smallest absolute Gasteiger partial charge is 0.0733 e. The van der Waals surface area contributed by atoms with Crippen LogP contribution in [0, 0.1) is 0 Å². The highest BCUT2D eigenvalue weighted by Gasteiger charge is 2.41. The Morgan fingerprint density at radius 1 is 1.21 bits per heavy atom. The number of fused-ring (bicyclic) bond motifs is 3. The van der Waals surface area contributed by atoms with E-state index in [0.29, 0.717) is 24.3 Å². The molecule has 2 fully saturated rings. The molecule has 0 aromatic heterocycles. The fourth-order valence-electron chi connectivity index (χ4n) is 4.09. The van der Waals surface area contributed by atoms with Gasteiger partial charge in [-0.1, -0.05) is 18.2 Å². The lowest BCUT2D eigenvalue weighted by atomic mass is 9.94. The summed E-state index contributed by atoms with van der Waals surface area (Å²) in [7, 11) is 0. The van der Waals surface area contributed by atoms with E-state index in [1.165, 1.54) is 44.1 Å². The lowest BCUT2D eigenvalue weighted by molar-refractivity contribution is 0.0962. The molecule has 2 saturated heterocycles. The van der Waals surface area contributed by atoms with Crippen LogP contribution in [-0.4, -0.2) is 18.2 Å². The summed E-state index contributed by atoms with van der Waals surface area (Å²) in [5, 5.41) is 3.79. The van der Waals surface area contributed by atoms with E-state index in [4.69, 9.17) is 4.74 Å². The Balaban J connectivity index is 1.47. The van der Waals surface area contributed by atoms with Crippen molar-refractivity contribution in [2.75, 3.05) is 0 Å². The van der Waals surface area contributed by atoms with Crippen LogP contribution < -0.4 is 5.32 Å². The van der Waals surface area contributed by atoms with Crippen LogP contribution in [0.2, 0.25) is 0 Å². The third kappa shape index (κ3) is 2.11. The summed E-state index contributed by atoms with van der Waals surface area (Å²) in [4.78, 5) is 0. The maximum atomic E-state index is 5.93. The van der Waals surface area contributed by atoms with Crippen molar-refractivity contribution in [3.8, 4) is 0 Å². The van der Waals surface area contributed by atoms with E-state index in [1.54, 1.807) is 11.1 Å². The van der Waals surface area contributed by atoms with Crippen LogP contribution in [0.5, 0.6) is 0 Å². The molecule has 1 N–H and O–H groups in total. The van der Waals surface area contributed by atoms with Gasteiger partial charge in [0.1, 0.15) is 0 Å². The first-order chi connectivity index (χ1) is 9.29. The molecule has 0 spiro atoms. The molecule has 19 heavy (non-hydrogen) atoms. The number of ether oxygens (including phenoxy) is 1. The maximum absolute atomic E-state index is 5.93. The Kier molecular flexibility index (Phi) is 2.89. The second-order valence-electron chi connectivity index (χ2n) is 6.49. The first-order valence-corrected chi connectivity index (χ1v) is 7.83. The van der Waals surface area contributed by atoms with Crippen molar-refractivity contribution in [2.24, 2.45) is 0 Å². The first kappa shape index (κ1) is 11.9. The molecule has 2 heterocycles. The van der Waals surface area contributed by atoms with Crippen LogP contribution in [0.3, 0.4) is 0 Å². The van der Waals surface area contributed by atoms with Gasteiger partial charge in [-0.25, -0.2) is 0 Å². The molecule has 1 aromatic rings. The van der Waals surface area contributed by atoms with Gasteiger partial charge >= 0.3 is 0 Å². The van der Waals surface area contributed by atoms with Gasteiger partial charge in [0.2, 0.25) is 0 Å². The third-order valence-electron chi connectivity index (χ3n) is 5.19. The highest BCUT2D eigenvalue weighted by molar-refractivity contribution is 5.36. The summed E-state index contributed by atoms with van der Waals surface area (Å²) in [6, 6.07) is 8.10. The van der Waals surface area contributed by atoms with Gasteiger partial charge in [-0.2, -0.15) is 0 Å². The third-order valence-corrected chi connectivity index (χ3v) is 5.19. The van der Waals surface area contributed by atoms with Crippen molar-refractivity contribution >= 4 is 0 Å². The Labute approximate surface area is 115 Å². The summed E-state index contributed by atoms with van der Waals surface area (Å²) in [6.07, 6.45) is 8.62. The summed E-state index contributed by atoms with van der Waals surface area (Å²) in [5.41, 5.74) is 4.60. The number of nitrogens with one attached hydrogen (secondary N) is 1. The Morgan fingerprint density at radius 3 is 2.89 bits per heavy atom. The molecule has 4 unspecified atom stereocenters. The minimum absolute atomic E-state index is 0.443. The summed E-state index contributed by atoms with van der Waals surface area (Å²) < 4.78 is 5.93. The molecule has 102 valence electrons. The molecule has 1 aliphatic carbocycles. The zero-order chi connectivity index (χ0) is 12.8. The molecule has 2 bridgehead atoms. The van der Waals surface area contributed by atoms with E-state index in [-0.39, 0.29) is 0 Å². The molecule has 0 saturated carbocycles. The van der Waals surface area contributed by atoms with Gasteiger partial charge in [-0.05, 0) is 62.1 Å². The Bertz CT molecular complexity index is 484. The van der Waals surface area contributed by atoms with E-state index in [0.717, 1.165) is 0 Å². The van der Waals surface area contributed by atoms with Crippen molar-refractivity contribution in [1.29, 1.82) is 0 Å². The number of benzene rings is 1. The fourth-order valence-corrected chi connectivity index (χ4v) is 4.09. The molecular formula is C17H23NO. The molecule has 0 amide bonds. The first-order valence-electron chi connectivity index (χ1n) is 7.83. The predicted octanol–water partition coefficient (Wildman–Crippen LogP) is 3.15. The zero-order valence-electron chi connectivity index (χ0n) is 11.7. The number of rotatable bonds is 3. The molecular weight excluding hydrogens is 234 g/mol. The number of aryl methyl sites for hydroxylation is 2. The van der Waals surface area contributed by atoms with Crippen LogP contribution in [0.15, 0.2) is 18.2 Å². The minimum Gasteiger partial charge on any atom is -0.373 e. The van der Waals surface area contributed by atoms with Gasteiger partial charge in [-0.3, -0.25) is 0 Å². The van der Waals surface area contributed by atoms with Crippen molar-refractivity contribution in [3.05, 3.63) is 34.9 Å². The summed E-state index contributed by atoms with van der Waals surface area (Å²) in [6.45, 7) is 2.29. The van der Waals surface area contributed by atoms with Crippen LogP contribution in [0.4, 0.5) is 0 Å². The standard InChI is InChI=1S/C17H23NO/c1-11(18-16-10-15-7-8-17(16)19-15)13-6-5-12-3-2-4-14(12)9-13/h5-6,9,11,15-18H,2-4,7-8,10H2,1H3. The maximum Gasteiger partial charge on any atom is 0.0733 e. The summed E-state index contributed by atoms with van der Waals surface area (Å²) >= 11 is 0. The van der Waals surface area contributed by atoms with E-state index in [2.05, 4.69) is 30.4 Å². The van der Waals surface area contributed by atoms with Crippen LogP contribution in [0.1, 0.15) is 55.3 Å². The van der Waals surface area contributed by atoms with Gasteiger partial charge in [-0.15, -0.1) is 0 Å². The monoisotopic (exact) mass is 257 g/mol. The highest BCUT2D eigenvalue weighted by Crippen LogP contribution is 2.35. The van der Waals surface area contributed by atoms with E-state index in [9.17, 15) is 0 Å². The molecule has 4 rings (SSSR count). The van der Waals surface area contributed by atoms with Gasteiger partial charge in [0.15, 0.2) is 0 Å². The van der Waals surface area contributed by atoms with Crippen molar-refractivity contribution < 1.29 is 4.74 Å². The molecule has 2 nitrogen and oxygen atoms in total. The van der Waals surface area contributed by atoms with Gasteiger partial charge in [0.05, 0.1) is 12.2 Å². The Morgan fingerprint density at radius 2 is 2.11 bits per heavy atom. The minimum atomic E-state index is 0.443.